The smallest absolute Gasteiger partial charge is 0.252 e. The fourth-order valence-corrected chi connectivity index (χ4v) is 5.92. The predicted octanol–water partition coefficient (Wildman–Crippen LogP) is 4.07. The van der Waals surface area contributed by atoms with Crippen LogP contribution in [-0.2, 0) is 10.0 Å². The van der Waals surface area contributed by atoms with E-state index in [4.69, 9.17) is 0 Å². The highest BCUT2D eigenvalue weighted by atomic mass is 32.2. The van der Waals surface area contributed by atoms with Crippen molar-refractivity contribution in [3.8, 4) is 0 Å². The van der Waals surface area contributed by atoms with Crippen LogP contribution in [0, 0.1) is 11.8 Å². The molecule has 0 aliphatic rings. The molecule has 1 aromatic carbocycles. The SMILES string of the molecule is CCCCN(CC)S(=O)(=O)c1ccc2[nH]c(=O)cc(C(=O)NCCCN(CC(C)C)CC(C)C)c2c1. The first-order valence-corrected chi connectivity index (χ1v) is 14.6. The van der Waals surface area contributed by atoms with Crippen LogP contribution >= 0.6 is 0 Å². The molecule has 202 valence electrons. The number of aromatic nitrogens is 1. The topological polar surface area (TPSA) is 103 Å². The summed E-state index contributed by atoms with van der Waals surface area (Å²) < 4.78 is 27.9. The number of hydrogen-bond donors (Lipinski definition) is 2. The number of sulfonamides is 1. The summed E-state index contributed by atoms with van der Waals surface area (Å²) in [5.41, 5.74) is 0.216. The molecule has 0 bridgehead atoms. The summed E-state index contributed by atoms with van der Waals surface area (Å²) in [5.74, 6) is 0.756. The van der Waals surface area contributed by atoms with E-state index in [0.29, 0.717) is 42.4 Å². The van der Waals surface area contributed by atoms with Gasteiger partial charge < -0.3 is 15.2 Å². The number of H-pyrrole nitrogens is 1. The second kappa shape index (κ2) is 13.9. The molecule has 36 heavy (non-hydrogen) atoms. The van der Waals surface area contributed by atoms with Gasteiger partial charge in [-0.15, -0.1) is 0 Å². The molecule has 0 fully saturated rings. The van der Waals surface area contributed by atoms with E-state index >= 15 is 0 Å². The Morgan fingerprint density at radius 1 is 1.00 bits per heavy atom. The van der Waals surface area contributed by atoms with E-state index in [2.05, 4.69) is 42.9 Å². The number of fused-ring (bicyclic) bond motifs is 1. The molecule has 1 amide bonds. The lowest BCUT2D eigenvalue weighted by Crippen LogP contribution is -2.34. The third-order valence-electron chi connectivity index (χ3n) is 5.99. The van der Waals surface area contributed by atoms with Gasteiger partial charge in [-0.3, -0.25) is 9.59 Å². The Kier molecular flexibility index (Phi) is 11.6. The minimum atomic E-state index is -3.71. The average molecular weight is 521 g/mol. The number of hydrogen-bond acceptors (Lipinski definition) is 5. The zero-order valence-electron chi connectivity index (χ0n) is 22.8. The van der Waals surface area contributed by atoms with Gasteiger partial charge in [-0.2, -0.15) is 4.31 Å². The van der Waals surface area contributed by atoms with Crippen LogP contribution in [0.15, 0.2) is 34.0 Å². The molecule has 2 aromatic rings. The normalized spacial score (nSPS) is 12.4. The number of unbranched alkanes of at least 4 members (excludes halogenated alkanes) is 1. The molecule has 0 spiro atoms. The summed E-state index contributed by atoms with van der Waals surface area (Å²) in [6.45, 7) is 16.8. The van der Waals surface area contributed by atoms with Crippen molar-refractivity contribution in [1.82, 2.24) is 19.5 Å². The van der Waals surface area contributed by atoms with E-state index in [1.54, 1.807) is 6.07 Å². The number of benzene rings is 1. The fraction of sp³-hybridized carbons (Fsp3) is 0.630. The molecule has 0 saturated heterocycles. The maximum Gasteiger partial charge on any atom is 0.252 e. The van der Waals surface area contributed by atoms with Gasteiger partial charge in [0.2, 0.25) is 15.6 Å². The van der Waals surface area contributed by atoms with Crippen LogP contribution in [-0.4, -0.2) is 67.8 Å². The fourth-order valence-electron chi connectivity index (χ4n) is 4.40. The van der Waals surface area contributed by atoms with Crippen LogP contribution < -0.4 is 10.9 Å². The quantitative estimate of drug-likeness (QED) is 0.345. The van der Waals surface area contributed by atoms with Gasteiger partial charge in [0.25, 0.3) is 5.91 Å². The maximum atomic E-state index is 13.2. The van der Waals surface area contributed by atoms with Gasteiger partial charge in [0, 0.05) is 49.7 Å². The number of amides is 1. The Hall–Kier alpha value is -2.23. The molecule has 8 nitrogen and oxygen atoms in total. The molecule has 0 atom stereocenters. The van der Waals surface area contributed by atoms with Gasteiger partial charge in [-0.25, -0.2) is 8.42 Å². The third-order valence-corrected chi connectivity index (χ3v) is 7.96. The number of pyridine rings is 1. The van der Waals surface area contributed by atoms with Crippen LogP contribution in [0.3, 0.4) is 0 Å². The summed E-state index contributed by atoms with van der Waals surface area (Å²) in [5, 5.41) is 3.34. The van der Waals surface area contributed by atoms with Gasteiger partial charge in [0.15, 0.2) is 0 Å². The number of carbonyl (C=O) groups is 1. The standard InChI is InChI=1S/C27H44N4O4S/c1-7-9-15-31(8-2)36(34,35)22-11-12-25-23(16-22)24(17-26(32)29-25)27(33)28-13-10-14-30(18-20(3)4)19-21(5)6/h11-12,16-17,20-21H,7-10,13-15,18-19H2,1-6H3,(H,28,33)(H,29,32). The summed E-state index contributed by atoms with van der Waals surface area (Å²) in [4.78, 5) is 30.5. The highest BCUT2D eigenvalue weighted by molar-refractivity contribution is 7.89. The maximum absolute atomic E-state index is 13.2. The molecule has 2 rings (SSSR count). The first kappa shape index (κ1) is 30.0. The number of nitrogens with zero attached hydrogens (tertiary/aromatic N) is 2. The minimum absolute atomic E-state index is 0.118. The van der Waals surface area contributed by atoms with Crippen LogP contribution in [0.4, 0.5) is 0 Å². The van der Waals surface area contributed by atoms with Crippen molar-refractivity contribution in [2.24, 2.45) is 11.8 Å². The number of rotatable bonds is 15. The molecule has 0 radical (unpaired) electrons. The second-order valence-corrected chi connectivity index (χ2v) is 12.2. The van der Waals surface area contributed by atoms with Crippen molar-refractivity contribution in [2.45, 2.75) is 65.7 Å². The largest absolute Gasteiger partial charge is 0.352 e. The Morgan fingerprint density at radius 3 is 2.25 bits per heavy atom. The average Bonchev–Trinajstić information content (AvgIpc) is 2.80. The molecule has 0 unspecified atom stereocenters. The Morgan fingerprint density at radius 2 is 1.67 bits per heavy atom. The van der Waals surface area contributed by atoms with Crippen molar-refractivity contribution >= 4 is 26.8 Å². The van der Waals surface area contributed by atoms with Gasteiger partial charge >= 0.3 is 0 Å². The van der Waals surface area contributed by atoms with Crippen molar-refractivity contribution in [3.05, 3.63) is 40.2 Å². The molecule has 1 aromatic heterocycles. The molecule has 0 aliphatic carbocycles. The zero-order chi connectivity index (χ0) is 26.9. The lowest BCUT2D eigenvalue weighted by molar-refractivity contribution is 0.0952. The predicted molar refractivity (Wildman–Crippen MR) is 147 cm³/mol. The Labute approximate surface area is 216 Å². The van der Waals surface area contributed by atoms with Crippen LogP contribution in [0.2, 0.25) is 0 Å². The van der Waals surface area contributed by atoms with E-state index in [1.165, 1.54) is 22.5 Å². The molecular formula is C27H44N4O4S. The van der Waals surface area contributed by atoms with Gasteiger partial charge in [-0.05, 0) is 49.4 Å². The van der Waals surface area contributed by atoms with Gasteiger partial charge in [-0.1, -0.05) is 48.0 Å². The van der Waals surface area contributed by atoms with E-state index < -0.39 is 15.6 Å². The van der Waals surface area contributed by atoms with Crippen LogP contribution in [0.1, 0.15) is 71.2 Å². The lowest BCUT2D eigenvalue weighted by atomic mass is 10.1. The number of aromatic amines is 1. The third kappa shape index (κ3) is 8.42. The Bertz CT molecular complexity index is 1150. The molecule has 1 heterocycles. The number of carbonyl (C=O) groups excluding carboxylic acids is 1. The second-order valence-electron chi connectivity index (χ2n) is 10.3. The molecule has 0 aliphatic heterocycles. The number of nitrogens with one attached hydrogen (secondary N) is 2. The van der Waals surface area contributed by atoms with Gasteiger partial charge in [0.05, 0.1) is 10.5 Å². The zero-order valence-corrected chi connectivity index (χ0v) is 23.6. The summed E-state index contributed by atoms with van der Waals surface area (Å²) in [6.07, 6.45) is 2.45. The van der Waals surface area contributed by atoms with Crippen molar-refractivity contribution in [2.75, 3.05) is 39.3 Å². The molecule has 2 N–H and O–H groups in total. The summed E-state index contributed by atoms with van der Waals surface area (Å²) >= 11 is 0. The van der Waals surface area contributed by atoms with E-state index in [9.17, 15) is 18.0 Å². The van der Waals surface area contributed by atoms with E-state index in [1.807, 2.05) is 13.8 Å². The van der Waals surface area contributed by atoms with Crippen molar-refractivity contribution in [3.63, 3.8) is 0 Å². The minimum Gasteiger partial charge on any atom is -0.352 e. The first-order valence-electron chi connectivity index (χ1n) is 13.2. The lowest BCUT2D eigenvalue weighted by Gasteiger charge is -2.26. The van der Waals surface area contributed by atoms with Crippen molar-refractivity contribution < 1.29 is 13.2 Å². The van der Waals surface area contributed by atoms with Crippen LogP contribution in [0.5, 0.6) is 0 Å². The monoisotopic (exact) mass is 520 g/mol. The van der Waals surface area contributed by atoms with E-state index in [0.717, 1.165) is 38.9 Å². The van der Waals surface area contributed by atoms with E-state index in [-0.39, 0.29) is 16.4 Å². The molecule has 0 saturated carbocycles. The molecule has 9 heteroatoms. The summed E-state index contributed by atoms with van der Waals surface area (Å²) in [7, 11) is -3.71. The Balaban J connectivity index is 2.23. The summed E-state index contributed by atoms with van der Waals surface area (Å²) in [6, 6.07) is 5.79. The van der Waals surface area contributed by atoms with Gasteiger partial charge in [0.1, 0.15) is 0 Å². The van der Waals surface area contributed by atoms with Crippen molar-refractivity contribution in [1.29, 1.82) is 0 Å². The first-order chi connectivity index (χ1) is 17.0. The molecular weight excluding hydrogens is 476 g/mol. The highest BCUT2D eigenvalue weighted by Gasteiger charge is 2.24. The van der Waals surface area contributed by atoms with Crippen LogP contribution in [0.25, 0.3) is 10.9 Å². The highest BCUT2D eigenvalue weighted by Crippen LogP contribution is 2.23.